The number of tetrazole rings is 1. The standard InChI is InChI=1S/C19H21N7O2/c1-25-11-10-20-17(25)16(27)14-6-5-7-15(12-14)22-18(28)19(8-3-2-4-9-19)26-13-21-23-24-26/h5-7,10-13H,2-4,8-9H2,1H3,(H,22,28). The Morgan fingerprint density at radius 2 is 2.00 bits per heavy atom. The number of nitrogens with zero attached hydrogens (tertiary/aromatic N) is 6. The van der Waals surface area contributed by atoms with E-state index in [2.05, 4.69) is 25.8 Å². The number of hydrogen-bond donors (Lipinski definition) is 1. The maximum absolute atomic E-state index is 13.2. The van der Waals surface area contributed by atoms with E-state index in [9.17, 15) is 9.59 Å². The molecule has 28 heavy (non-hydrogen) atoms. The van der Waals surface area contributed by atoms with Gasteiger partial charge in [0.2, 0.25) is 5.78 Å². The second kappa shape index (κ2) is 7.34. The Morgan fingerprint density at radius 1 is 1.18 bits per heavy atom. The largest absolute Gasteiger partial charge is 0.331 e. The van der Waals surface area contributed by atoms with Crippen LogP contribution < -0.4 is 5.32 Å². The van der Waals surface area contributed by atoms with Crippen molar-refractivity contribution in [1.29, 1.82) is 0 Å². The van der Waals surface area contributed by atoms with Gasteiger partial charge in [-0.15, -0.1) is 5.10 Å². The molecular weight excluding hydrogens is 358 g/mol. The van der Waals surface area contributed by atoms with Crippen LogP contribution in [0.4, 0.5) is 5.69 Å². The van der Waals surface area contributed by atoms with E-state index < -0.39 is 5.54 Å². The molecule has 1 N–H and O–H groups in total. The maximum atomic E-state index is 13.2. The van der Waals surface area contributed by atoms with Gasteiger partial charge < -0.3 is 9.88 Å². The van der Waals surface area contributed by atoms with Crippen LogP contribution in [0.15, 0.2) is 43.0 Å². The number of amides is 1. The first-order chi connectivity index (χ1) is 13.6. The number of hydrogen-bond acceptors (Lipinski definition) is 6. The number of aromatic nitrogens is 6. The number of benzene rings is 1. The van der Waals surface area contributed by atoms with Crippen molar-refractivity contribution in [3.63, 3.8) is 0 Å². The van der Waals surface area contributed by atoms with Gasteiger partial charge in [0.1, 0.15) is 11.9 Å². The van der Waals surface area contributed by atoms with E-state index in [1.807, 2.05) is 0 Å². The molecule has 1 aromatic carbocycles. The molecule has 0 bridgehead atoms. The molecule has 1 saturated carbocycles. The molecule has 0 radical (unpaired) electrons. The van der Waals surface area contributed by atoms with E-state index in [4.69, 9.17) is 0 Å². The Balaban J connectivity index is 1.59. The molecule has 3 aromatic rings. The van der Waals surface area contributed by atoms with E-state index in [1.165, 1.54) is 6.33 Å². The highest BCUT2D eigenvalue weighted by atomic mass is 16.2. The molecule has 4 rings (SSSR count). The number of carbonyl (C=O) groups is 2. The van der Waals surface area contributed by atoms with Crippen LogP contribution in [0.5, 0.6) is 0 Å². The summed E-state index contributed by atoms with van der Waals surface area (Å²) in [4.78, 5) is 30.0. The average Bonchev–Trinajstić information content (AvgIpc) is 3.40. The fourth-order valence-electron chi connectivity index (χ4n) is 3.75. The van der Waals surface area contributed by atoms with E-state index >= 15 is 0 Å². The first kappa shape index (κ1) is 18.0. The number of ketones is 1. The van der Waals surface area contributed by atoms with E-state index in [0.29, 0.717) is 29.9 Å². The summed E-state index contributed by atoms with van der Waals surface area (Å²) >= 11 is 0. The van der Waals surface area contributed by atoms with Gasteiger partial charge in [0.25, 0.3) is 5.91 Å². The predicted octanol–water partition coefficient (Wildman–Crippen LogP) is 1.94. The highest BCUT2D eigenvalue weighted by Crippen LogP contribution is 2.35. The Morgan fingerprint density at radius 3 is 2.68 bits per heavy atom. The molecule has 1 aliphatic carbocycles. The van der Waals surface area contributed by atoms with Gasteiger partial charge in [-0.05, 0) is 35.4 Å². The third-order valence-corrected chi connectivity index (χ3v) is 5.30. The maximum Gasteiger partial charge on any atom is 0.252 e. The summed E-state index contributed by atoms with van der Waals surface area (Å²) < 4.78 is 3.23. The fourth-order valence-corrected chi connectivity index (χ4v) is 3.75. The van der Waals surface area contributed by atoms with Crippen LogP contribution in [0, 0.1) is 0 Å². The van der Waals surface area contributed by atoms with Crippen LogP contribution in [-0.4, -0.2) is 41.4 Å². The van der Waals surface area contributed by atoms with Crippen molar-refractivity contribution >= 4 is 17.4 Å². The van der Waals surface area contributed by atoms with Gasteiger partial charge in [-0.25, -0.2) is 9.67 Å². The summed E-state index contributed by atoms with van der Waals surface area (Å²) in [7, 11) is 1.77. The summed E-state index contributed by atoms with van der Waals surface area (Å²) in [6.07, 6.45) is 9.11. The number of carbonyl (C=O) groups excluding carboxylic acids is 2. The minimum atomic E-state index is -0.804. The number of aryl methyl sites for hydroxylation is 1. The van der Waals surface area contributed by atoms with Gasteiger partial charge in [-0.2, -0.15) is 0 Å². The molecule has 144 valence electrons. The first-order valence-corrected chi connectivity index (χ1v) is 9.27. The minimum absolute atomic E-state index is 0.166. The third-order valence-electron chi connectivity index (χ3n) is 5.30. The molecule has 9 nitrogen and oxygen atoms in total. The molecule has 2 heterocycles. The van der Waals surface area contributed by atoms with Crippen LogP contribution in [-0.2, 0) is 17.4 Å². The second-order valence-corrected chi connectivity index (χ2v) is 7.07. The van der Waals surface area contributed by atoms with Gasteiger partial charge in [-0.3, -0.25) is 9.59 Å². The van der Waals surface area contributed by atoms with Gasteiger partial charge in [0, 0.05) is 30.7 Å². The molecule has 0 unspecified atom stereocenters. The molecular formula is C19H21N7O2. The number of rotatable bonds is 5. The summed E-state index contributed by atoms with van der Waals surface area (Å²) in [6.45, 7) is 0. The Labute approximate surface area is 161 Å². The van der Waals surface area contributed by atoms with Crippen molar-refractivity contribution in [1.82, 2.24) is 29.8 Å². The van der Waals surface area contributed by atoms with E-state index in [1.54, 1.807) is 53.0 Å². The van der Waals surface area contributed by atoms with Crippen molar-refractivity contribution in [2.45, 2.75) is 37.6 Å². The van der Waals surface area contributed by atoms with Crippen molar-refractivity contribution in [3.8, 4) is 0 Å². The quantitative estimate of drug-likeness (QED) is 0.679. The lowest BCUT2D eigenvalue weighted by atomic mass is 9.81. The Kier molecular flexibility index (Phi) is 4.72. The van der Waals surface area contributed by atoms with Crippen LogP contribution >= 0.6 is 0 Å². The van der Waals surface area contributed by atoms with Crippen molar-refractivity contribution in [3.05, 3.63) is 54.4 Å². The molecule has 1 aliphatic rings. The lowest BCUT2D eigenvalue weighted by Crippen LogP contribution is -2.47. The van der Waals surface area contributed by atoms with Crippen LogP contribution in [0.2, 0.25) is 0 Å². The fraction of sp³-hybridized carbons (Fsp3) is 0.368. The molecule has 9 heteroatoms. The van der Waals surface area contributed by atoms with Crippen molar-refractivity contribution in [2.75, 3.05) is 5.32 Å². The number of nitrogens with one attached hydrogen (secondary N) is 1. The Bertz CT molecular complexity index is 987. The number of imidazole rings is 1. The van der Waals surface area contributed by atoms with Crippen LogP contribution in [0.1, 0.15) is 48.3 Å². The van der Waals surface area contributed by atoms with Crippen LogP contribution in [0.25, 0.3) is 0 Å². The summed E-state index contributed by atoms with van der Waals surface area (Å²) in [5.41, 5.74) is 0.219. The summed E-state index contributed by atoms with van der Waals surface area (Å²) in [5, 5.41) is 14.4. The lowest BCUT2D eigenvalue weighted by Gasteiger charge is -2.35. The topological polar surface area (TPSA) is 108 Å². The van der Waals surface area contributed by atoms with Gasteiger partial charge in [-0.1, -0.05) is 31.4 Å². The zero-order valence-corrected chi connectivity index (χ0v) is 15.6. The van der Waals surface area contributed by atoms with Crippen molar-refractivity contribution < 1.29 is 9.59 Å². The number of anilines is 1. The van der Waals surface area contributed by atoms with Gasteiger partial charge in [0.15, 0.2) is 5.82 Å². The van der Waals surface area contributed by atoms with Crippen LogP contribution in [0.3, 0.4) is 0 Å². The summed E-state index contributed by atoms with van der Waals surface area (Å²) in [6, 6.07) is 6.90. The zero-order chi connectivity index (χ0) is 19.6. The SMILES string of the molecule is Cn1ccnc1C(=O)c1cccc(NC(=O)C2(n3cnnn3)CCCCC2)c1. The van der Waals surface area contributed by atoms with E-state index in [0.717, 1.165) is 19.3 Å². The molecule has 1 fully saturated rings. The summed E-state index contributed by atoms with van der Waals surface area (Å²) in [5.74, 6) is -0.0153. The zero-order valence-electron chi connectivity index (χ0n) is 15.6. The van der Waals surface area contributed by atoms with Gasteiger partial charge >= 0.3 is 0 Å². The third kappa shape index (κ3) is 3.19. The van der Waals surface area contributed by atoms with E-state index in [-0.39, 0.29) is 11.7 Å². The molecule has 0 aliphatic heterocycles. The predicted molar refractivity (Wildman–Crippen MR) is 101 cm³/mol. The molecule has 0 atom stereocenters. The lowest BCUT2D eigenvalue weighted by molar-refractivity contribution is -0.126. The van der Waals surface area contributed by atoms with Crippen molar-refractivity contribution in [2.24, 2.45) is 7.05 Å². The average molecular weight is 379 g/mol. The molecule has 0 spiro atoms. The Hall–Kier alpha value is -3.36. The molecule has 0 saturated heterocycles. The first-order valence-electron chi connectivity index (χ1n) is 9.27. The monoisotopic (exact) mass is 379 g/mol. The second-order valence-electron chi connectivity index (χ2n) is 7.07. The van der Waals surface area contributed by atoms with Gasteiger partial charge in [0.05, 0.1) is 0 Å². The molecule has 2 aromatic heterocycles. The smallest absolute Gasteiger partial charge is 0.252 e. The highest BCUT2D eigenvalue weighted by molar-refractivity contribution is 6.07. The molecule has 1 amide bonds. The minimum Gasteiger partial charge on any atom is -0.331 e. The highest BCUT2D eigenvalue weighted by Gasteiger charge is 2.42. The normalized spacial score (nSPS) is 15.9.